The van der Waals surface area contributed by atoms with Gasteiger partial charge >= 0.3 is 0 Å². The van der Waals surface area contributed by atoms with Crippen molar-refractivity contribution in [2.45, 2.75) is 17.4 Å². The Hall–Kier alpha value is -3.17. The molecule has 0 saturated carbocycles. The van der Waals surface area contributed by atoms with Crippen LogP contribution >= 0.6 is 0 Å². The summed E-state index contributed by atoms with van der Waals surface area (Å²) in [6, 6.07) is 14.3. The number of rotatable bonds is 7. The maximum absolute atomic E-state index is 14.0. The van der Waals surface area contributed by atoms with Crippen molar-refractivity contribution in [3.63, 3.8) is 0 Å². The molecule has 0 unspecified atom stereocenters. The predicted molar refractivity (Wildman–Crippen MR) is 106 cm³/mol. The Morgan fingerprint density at radius 3 is 2.10 bits per heavy atom. The van der Waals surface area contributed by atoms with Gasteiger partial charge in [0.05, 0.1) is 0 Å². The van der Waals surface area contributed by atoms with Gasteiger partial charge in [-0.3, -0.25) is 4.79 Å². The second kappa shape index (κ2) is 9.10. The minimum Gasteiger partial charge on any atom is -0.324 e. The summed E-state index contributed by atoms with van der Waals surface area (Å²) in [5.74, 6) is -3.64. The molecule has 0 radical (unpaired) electrons. The lowest BCUT2D eigenvalue weighted by Crippen LogP contribution is -2.45. The van der Waals surface area contributed by atoms with Gasteiger partial charge in [-0.25, -0.2) is 21.6 Å². The van der Waals surface area contributed by atoms with Gasteiger partial charge in [-0.05, 0) is 36.2 Å². The number of anilines is 1. The van der Waals surface area contributed by atoms with E-state index in [1.54, 1.807) is 30.3 Å². The topological polar surface area (TPSA) is 75.3 Å². The highest BCUT2D eigenvalue weighted by atomic mass is 32.2. The molecule has 30 heavy (non-hydrogen) atoms. The van der Waals surface area contributed by atoms with Crippen molar-refractivity contribution in [1.29, 1.82) is 0 Å². The molecule has 1 amide bonds. The molecule has 0 spiro atoms. The number of carbonyl (C=O) groups excluding carboxylic acids is 1. The van der Waals surface area contributed by atoms with Gasteiger partial charge in [0.15, 0.2) is 0 Å². The number of amides is 1. The first-order valence-electron chi connectivity index (χ1n) is 8.82. The van der Waals surface area contributed by atoms with Crippen LogP contribution in [-0.2, 0) is 21.2 Å². The molecule has 0 aliphatic carbocycles. The van der Waals surface area contributed by atoms with Crippen molar-refractivity contribution >= 4 is 21.6 Å². The average molecular weight is 434 g/mol. The van der Waals surface area contributed by atoms with E-state index in [4.69, 9.17) is 0 Å². The maximum Gasteiger partial charge on any atom is 0.244 e. The molecule has 0 aliphatic heterocycles. The number of hydrogen-bond acceptors (Lipinski definition) is 3. The van der Waals surface area contributed by atoms with Crippen molar-refractivity contribution in [2.24, 2.45) is 0 Å². The van der Waals surface area contributed by atoms with Crippen molar-refractivity contribution in [3.8, 4) is 0 Å². The summed E-state index contributed by atoms with van der Waals surface area (Å²) in [6.07, 6.45) is -0.0713. The molecule has 3 rings (SSSR count). The van der Waals surface area contributed by atoms with Crippen LogP contribution in [0.25, 0.3) is 0 Å². The monoisotopic (exact) mass is 434 g/mol. The Bertz CT molecular complexity index is 1130. The molecule has 3 aromatic carbocycles. The minimum absolute atomic E-state index is 0.0713. The normalized spacial score (nSPS) is 12.4. The Morgan fingerprint density at radius 1 is 0.867 bits per heavy atom. The Kier molecular flexibility index (Phi) is 6.53. The third-order valence-electron chi connectivity index (χ3n) is 4.15. The van der Waals surface area contributed by atoms with E-state index >= 15 is 0 Å². The van der Waals surface area contributed by atoms with Crippen LogP contribution in [0, 0.1) is 17.5 Å². The lowest BCUT2D eigenvalue weighted by molar-refractivity contribution is -0.117. The molecule has 5 nitrogen and oxygen atoms in total. The lowest BCUT2D eigenvalue weighted by Gasteiger charge is -2.19. The van der Waals surface area contributed by atoms with E-state index in [2.05, 4.69) is 10.0 Å². The smallest absolute Gasteiger partial charge is 0.244 e. The summed E-state index contributed by atoms with van der Waals surface area (Å²) in [6.45, 7) is 0. The Morgan fingerprint density at radius 2 is 1.47 bits per heavy atom. The summed E-state index contributed by atoms with van der Waals surface area (Å²) >= 11 is 0. The number of nitrogens with one attached hydrogen (secondary N) is 2. The third-order valence-corrected chi connectivity index (χ3v) is 5.66. The van der Waals surface area contributed by atoms with Crippen LogP contribution in [0.15, 0.2) is 77.7 Å². The quantitative estimate of drug-likeness (QED) is 0.596. The number of benzene rings is 3. The summed E-state index contributed by atoms with van der Waals surface area (Å²) in [5.41, 5.74) is 0.444. The van der Waals surface area contributed by atoms with Crippen LogP contribution in [0.5, 0.6) is 0 Å². The van der Waals surface area contributed by atoms with E-state index in [-0.39, 0.29) is 12.1 Å². The van der Waals surface area contributed by atoms with E-state index in [1.165, 1.54) is 12.1 Å². The third kappa shape index (κ3) is 5.46. The van der Waals surface area contributed by atoms with E-state index in [1.807, 2.05) is 0 Å². The second-order valence-corrected chi connectivity index (χ2v) is 8.12. The fourth-order valence-electron chi connectivity index (χ4n) is 2.81. The number of sulfonamides is 1. The maximum atomic E-state index is 14.0. The molecule has 0 heterocycles. The first kappa shape index (κ1) is 21.5. The second-order valence-electron chi connectivity index (χ2n) is 6.44. The van der Waals surface area contributed by atoms with Gasteiger partial charge < -0.3 is 5.32 Å². The van der Waals surface area contributed by atoms with Crippen molar-refractivity contribution < 1.29 is 26.4 Å². The van der Waals surface area contributed by atoms with Crippen molar-refractivity contribution in [1.82, 2.24) is 4.72 Å². The molecule has 0 saturated heterocycles. The molecule has 0 bridgehead atoms. The first-order chi connectivity index (χ1) is 14.2. The molecule has 156 valence electrons. The van der Waals surface area contributed by atoms with Gasteiger partial charge in [-0.2, -0.15) is 4.72 Å². The fourth-order valence-corrected chi connectivity index (χ4v) is 4.08. The largest absolute Gasteiger partial charge is 0.324 e. The zero-order valence-corrected chi connectivity index (χ0v) is 16.3. The molecule has 0 aliphatic rings. The molecule has 2 N–H and O–H groups in total. The molecule has 1 atom stereocenters. The molecule has 9 heteroatoms. The van der Waals surface area contributed by atoms with Crippen LogP contribution in [-0.4, -0.2) is 20.4 Å². The Labute approximate surface area is 171 Å². The summed E-state index contributed by atoms with van der Waals surface area (Å²) in [7, 11) is -4.40. The predicted octanol–water partition coefficient (Wildman–Crippen LogP) is 3.63. The van der Waals surface area contributed by atoms with Crippen LogP contribution < -0.4 is 10.0 Å². The van der Waals surface area contributed by atoms with Crippen molar-refractivity contribution in [3.05, 3.63) is 95.8 Å². The van der Waals surface area contributed by atoms with Crippen LogP contribution in [0.4, 0.5) is 18.9 Å². The zero-order valence-electron chi connectivity index (χ0n) is 15.5. The number of hydrogen-bond donors (Lipinski definition) is 2. The number of halogens is 3. The number of carbonyl (C=O) groups is 1. The summed E-state index contributed by atoms with van der Waals surface area (Å²) in [4.78, 5) is 12.1. The molecular weight excluding hydrogens is 417 g/mol. The first-order valence-corrected chi connectivity index (χ1v) is 10.3. The average Bonchev–Trinajstić information content (AvgIpc) is 2.67. The SMILES string of the molecule is O=C(Nc1cc(F)cc(F)c1)[C@@H](Cc1ccccc1)NS(=O)(=O)c1ccccc1F. The van der Waals surface area contributed by atoms with E-state index < -0.39 is 44.3 Å². The van der Waals surface area contributed by atoms with Gasteiger partial charge in [0.1, 0.15) is 28.4 Å². The minimum atomic E-state index is -4.40. The van der Waals surface area contributed by atoms with E-state index in [0.717, 1.165) is 24.3 Å². The summed E-state index contributed by atoms with van der Waals surface area (Å²) in [5, 5.41) is 2.29. The highest BCUT2D eigenvalue weighted by molar-refractivity contribution is 7.89. The van der Waals surface area contributed by atoms with Gasteiger partial charge in [-0.15, -0.1) is 0 Å². The molecule has 3 aromatic rings. The van der Waals surface area contributed by atoms with Crippen LogP contribution in [0.1, 0.15) is 5.56 Å². The summed E-state index contributed by atoms with van der Waals surface area (Å²) < 4.78 is 68.4. The van der Waals surface area contributed by atoms with Crippen LogP contribution in [0.2, 0.25) is 0 Å². The van der Waals surface area contributed by atoms with Gasteiger partial charge in [0.25, 0.3) is 0 Å². The lowest BCUT2D eigenvalue weighted by atomic mass is 10.1. The fraction of sp³-hybridized carbons (Fsp3) is 0.0952. The molecule has 0 fully saturated rings. The van der Waals surface area contributed by atoms with Crippen molar-refractivity contribution in [2.75, 3.05) is 5.32 Å². The van der Waals surface area contributed by atoms with Gasteiger partial charge in [-0.1, -0.05) is 42.5 Å². The van der Waals surface area contributed by atoms with Gasteiger partial charge in [0, 0.05) is 11.8 Å². The van der Waals surface area contributed by atoms with E-state index in [0.29, 0.717) is 11.6 Å². The van der Waals surface area contributed by atoms with Crippen LogP contribution in [0.3, 0.4) is 0 Å². The zero-order chi connectivity index (χ0) is 21.7. The highest BCUT2D eigenvalue weighted by Crippen LogP contribution is 2.17. The van der Waals surface area contributed by atoms with E-state index in [9.17, 15) is 26.4 Å². The standard InChI is InChI=1S/C21H17F3N2O3S/c22-15-11-16(23)13-17(12-15)25-21(27)19(10-14-6-2-1-3-7-14)26-30(28,29)20-9-5-4-8-18(20)24/h1-9,11-13,19,26H,10H2,(H,25,27)/t19-/m1/s1. The van der Waals surface area contributed by atoms with Gasteiger partial charge in [0.2, 0.25) is 15.9 Å². The molecular formula is C21H17F3N2O3S. The Balaban J connectivity index is 1.90. The highest BCUT2D eigenvalue weighted by Gasteiger charge is 2.28. The molecule has 0 aromatic heterocycles.